The Morgan fingerprint density at radius 2 is 2.38 bits per heavy atom. The Balaban J connectivity index is 2.27. The molecule has 1 aliphatic rings. The van der Waals surface area contributed by atoms with Crippen LogP contribution >= 0.6 is 11.6 Å². The van der Waals surface area contributed by atoms with Gasteiger partial charge in [-0.3, -0.25) is 0 Å². The average Bonchev–Trinajstić information content (AvgIpc) is 2.71. The van der Waals surface area contributed by atoms with Crippen LogP contribution in [0, 0.1) is 5.82 Å². The van der Waals surface area contributed by atoms with Crippen LogP contribution in [0.5, 0.6) is 0 Å². The number of aliphatic carboxylic acids is 1. The molecule has 1 aromatic rings. The highest BCUT2D eigenvalue weighted by Gasteiger charge is 2.29. The smallest absolute Gasteiger partial charge is 0.348 e. The van der Waals surface area contributed by atoms with E-state index in [1.807, 2.05) is 0 Å². The van der Waals surface area contributed by atoms with Crippen molar-refractivity contribution in [1.82, 2.24) is 0 Å². The molecule has 4 nitrogen and oxygen atoms in total. The van der Waals surface area contributed by atoms with Crippen LogP contribution in [0.15, 0.2) is 23.4 Å². The predicted octanol–water partition coefficient (Wildman–Crippen LogP) is 2.06. The molecular formula is C10H7ClFNO3. The second-order valence-electron chi connectivity index (χ2n) is 3.28. The topological polar surface area (TPSA) is 58.9 Å². The fourth-order valence-electron chi connectivity index (χ4n) is 1.40. The zero-order valence-electron chi connectivity index (χ0n) is 7.98. The lowest BCUT2D eigenvalue weighted by Gasteiger charge is -2.02. The van der Waals surface area contributed by atoms with E-state index >= 15 is 0 Å². The maximum Gasteiger partial charge on any atom is 0.348 e. The molecule has 1 atom stereocenters. The Hall–Kier alpha value is -1.62. The number of halogens is 2. The van der Waals surface area contributed by atoms with E-state index in [2.05, 4.69) is 9.99 Å². The summed E-state index contributed by atoms with van der Waals surface area (Å²) in [4.78, 5) is 15.3. The Morgan fingerprint density at radius 3 is 3.00 bits per heavy atom. The number of carbonyl (C=O) groups is 1. The summed E-state index contributed by atoms with van der Waals surface area (Å²) in [7, 11) is 0. The Morgan fingerprint density at radius 1 is 1.62 bits per heavy atom. The fourth-order valence-corrected chi connectivity index (χ4v) is 1.57. The van der Waals surface area contributed by atoms with Crippen LogP contribution < -0.4 is 0 Å². The first-order valence-corrected chi connectivity index (χ1v) is 4.87. The average molecular weight is 244 g/mol. The minimum atomic E-state index is -1.12. The van der Waals surface area contributed by atoms with Crippen molar-refractivity contribution in [2.24, 2.45) is 5.16 Å². The molecule has 0 saturated carbocycles. The van der Waals surface area contributed by atoms with Crippen LogP contribution in [0.4, 0.5) is 4.39 Å². The first kappa shape index (κ1) is 10.9. The lowest BCUT2D eigenvalue weighted by atomic mass is 10.0. The van der Waals surface area contributed by atoms with Crippen molar-refractivity contribution >= 4 is 23.3 Å². The Labute approximate surface area is 95.3 Å². The van der Waals surface area contributed by atoms with Gasteiger partial charge in [-0.05, 0) is 12.1 Å². The van der Waals surface area contributed by atoms with Gasteiger partial charge in [0, 0.05) is 12.0 Å². The number of hydrogen-bond acceptors (Lipinski definition) is 3. The zero-order chi connectivity index (χ0) is 11.7. The molecule has 16 heavy (non-hydrogen) atoms. The lowest BCUT2D eigenvalue weighted by Crippen LogP contribution is -2.20. The van der Waals surface area contributed by atoms with Gasteiger partial charge in [0.05, 0.1) is 10.7 Å². The summed E-state index contributed by atoms with van der Waals surface area (Å²) >= 11 is 5.60. The number of hydrogen-bond donors (Lipinski definition) is 1. The number of nitrogens with zero attached hydrogens (tertiary/aromatic N) is 1. The maximum absolute atomic E-state index is 13.6. The van der Waals surface area contributed by atoms with Gasteiger partial charge in [0.1, 0.15) is 0 Å². The highest BCUT2D eigenvalue weighted by atomic mass is 35.5. The summed E-state index contributed by atoms with van der Waals surface area (Å²) in [5, 5.41) is 12.2. The molecule has 0 amide bonds. The van der Waals surface area contributed by atoms with Gasteiger partial charge >= 0.3 is 5.97 Å². The van der Waals surface area contributed by atoms with Gasteiger partial charge in [-0.15, -0.1) is 0 Å². The van der Waals surface area contributed by atoms with Gasteiger partial charge in [-0.1, -0.05) is 22.8 Å². The van der Waals surface area contributed by atoms with Crippen LogP contribution in [0.3, 0.4) is 0 Å². The maximum atomic E-state index is 13.6. The predicted molar refractivity (Wildman–Crippen MR) is 55.1 cm³/mol. The number of oxime groups is 1. The van der Waals surface area contributed by atoms with Gasteiger partial charge in [-0.25, -0.2) is 9.18 Å². The normalized spacial score (nSPS) is 19.1. The van der Waals surface area contributed by atoms with E-state index in [1.54, 1.807) is 6.07 Å². The summed E-state index contributed by atoms with van der Waals surface area (Å²) in [6, 6.07) is 4.45. The third kappa shape index (κ3) is 1.86. The highest BCUT2D eigenvalue weighted by molar-refractivity contribution is 6.31. The summed E-state index contributed by atoms with van der Waals surface area (Å²) in [6.45, 7) is 0. The van der Waals surface area contributed by atoms with Crippen LogP contribution in [-0.2, 0) is 9.63 Å². The summed E-state index contributed by atoms with van der Waals surface area (Å²) < 4.78 is 13.6. The van der Waals surface area contributed by atoms with E-state index in [9.17, 15) is 9.18 Å². The van der Waals surface area contributed by atoms with Crippen molar-refractivity contribution in [3.05, 3.63) is 34.6 Å². The molecule has 84 valence electrons. The van der Waals surface area contributed by atoms with E-state index in [-0.39, 0.29) is 22.7 Å². The zero-order valence-corrected chi connectivity index (χ0v) is 8.74. The number of carboxylic acid groups (broad SMARTS) is 1. The minimum Gasteiger partial charge on any atom is -0.478 e. The second kappa shape index (κ2) is 4.09. The molecule has 2 rings (SSSR count). The molecule has 1 aromatic carbocycles. The van der Waals surface area contributed by atoms with E-state index in [1.165, 1.54) is 12.1 Å². The number of carboxylic acids is 1. The van der Waals surface area contributed by atoms with Crippen molar-refractivity contribution in [3.63, 3.8) is 0 Å². The van der Waals surface area contributed by atoms with E-state index in [0.717, 1.165) is 0 Å². The fraction of sp³-hybridized carbons (Fsp3) is 0.200. The molecule has 0 spiro atoms. The Kier molecular flexibility index (Phi) is 2.78. The lowest BCUT2D eigenvalue weighted by molar-refractivity contribution is -0.148. The van der Waals surface area contributed by atoms with Crippen LogP contribution in [0.25, 0.3) is 0 Å². The first-order valence-electron chi connectivity index (χ1n) is 4.49. The van der Waals surface area contributed by atoms with Gasteiger partial charge < -0.3 is 9.94 Å². The molecule has 0 radical (unpaired) electrons. The molecule has 6 heteroatoms. The third-order valence-corrected chi connectivity index (χ3v) is 2.50. The minimum absolute atomic E-state index is 0.0287. The molecule has 1 heterocycles. The highest BCUT2D eigenvalue weighted by Crippen LogP contribution is 2.23. The van der Waals surface area contributed by atoms with Crippen molar-refractivity contribution in [2.75, 3.05) is 0 Å². The molecule has 0 unspecified atom stereocenters. The molecule has 1 aliphatic heterocycles. The second-order valence-corrected chi connectivity index (χ2v) is 3.68. The van der Waals surface area contributed by atoms with E-state index < -0.39 is 17.9 Å². The molecule has 0 bridgehead atoms. The number of rotatable bonds is 2. The first-order chi connectivity index (χ1) is 7.59. The standard InChI is InChI=1S/C10H7ClFNO3/c11-6-3-1-2-5(9(6)12)7-4-8(10(14)15)16-13-7/h1-3,8H,4H2,(H,14,15)/t8-/m0/s1. The van der Waals surface area contributed by atoms with Gasteiger partial charge in [0.25, 0.3) is 0 Å². The molecule has 1 N–H and O–H groups in total. The molecule has 0 saturated heterocycles. The van der Waals surface area contributed by atoms with Crippen molar-refractivity contribution < 1.29 is 19.1 Å². The van der Waals surface area contributed by atoms with E-state index in [4.69, 9.17) is 16.7 Å². The summed E-state index contributed by atoms with van der Waals surface area (Å²) in [6.07, 6.45) is -1.01. The van der Waals surface area contributed by atoms with Crippen LogP contribution in [0.1, 0.15) is 12.0 Å². The van der Waals surface area contributed by atoms with Gasteiger partial charge in [0.15, 0.2) is 5.82 Å². The van der Waals surface area contributed by atoms with Crippen molar-refractivity contribution in [3.8, 4) is 0 Å². The van der Waals surface area contributed by atoms with Crippen molar-refractivity contribution in [2.45, 2.75) is 12.5 Å². The monoisotopic (exact) mass is 243 g/mol. The molecule has 0 aliphatic carbocycles. The Bertz CT molecular complexity index is 475. The van der Waals surface area contributed by atoms with Gasteiger partial charge in [0.2, 0.25) is 6.10 Å². The molecule has 0 fully saturated rings. The largest absolute Gasteiger partial charge is 0.478 e. The van der Waals surface area contributed by atoms with Crippen molar-refractivity contribution in [1.29, 1.82) is 0 Å². The SMILES string of the molecule is O=C(O)[C@@H]1CC(c2cccc(Cl)c2F)=NO1. The molecular weight excluding hydrogens is 237 g/mol. The van der Waals surface area contributed by atoms with Crippen LogP contribution in [0.2, 0.25) is 5.02 Å². The quantitative estimate of drug-likeness (QED) is 0.865. The van der Waals surface area contributed by atoms with Gasteiger partial charge in [-0.2, -0.15) is 0 Å². The third-order valence-electron chi connectivity index (χ3n) is 2.21. The van der Waals surface area contributed by atoms with Crippen LogP contribution in [-0.4, -0.2) is 22.9 Å². The molecule has 0 aromatic heterocycles. The number of benzene rings is 1. The summed E-state index contributed by atoms with van der Waals surface area (Å²) in [5.74, 6) is -1.74. The summed E-state index contributed by atoms with van der Waals surface area (Å²) in [5.41, 5.74) is 0.434. The van der Waals surface area contributed by atoms with E-state index in [0.29, 0.717) is 0 Å².